The molecule has 6 heteroatoms. The molecule has 1 saturated heterocycles. The molecule has 0 saturated carbocycles. The number of thioether (sulfide) groups is 1. The van der Waals surface area contributed by atoms with Crippen LogP contribution in [0.4, 0.5) is 5.82 Å². The second kappa shape index (κ2) is 8.73. The second-order valence-corrected chi connectivity index (χ2v) is 8.75. The molecule has 5 rings (SSSR count). The highest BCUT2D eigenvalue weighted by atomic mass is 32.2. The molecule has 1 aliphatic heterocycles. The predicted molar refractivity (Wildman–Crippen MR) is 128 cm³/mol. The minimum absolute atomic E-state index is 0.359. The number of aryl methyl sites for hydroxylation is 1. The normalized spacial score (nSPS) is 14.8. The lowest BCUT2D eigenvalue weighted by molar-refractivity contribution is 0.0904. The number of anilines is 1. The van der Waals surface area contributed by atoms with Gasteiger partial charge in [0.2, 0.25) is 0 Å². The summed E-state index contributed by atoms with van der Waals surface area (Å²) < 4.78 is 7.73. The molecule has 1 N–H and O–H groups in total. The zero-order valence-corrected chi connectivity index (χ0v) is 18.7. The molecule has 1 fully saturated rings. The molecule has 0 amide bonds. The van der Waals surface area contributed by atoms with Gasteiger partial charge in [-0.25, -0.2) is 9.97 Å². The van der Waals surface area contributed by atoms with Crippen molar-refractivity contribution in [3.8, 4) is 16.8 Å². The van der Waals surface area contributed by atoms with Gasteiger partial charge in [-0.15, -0.1) is 11.8 Å². The maximum absolute atomic E-state index is 5.54. The number of aromatic nitrogens is 3. The van der Waals surface area contributed by atoms with E-state index < -0.39 is 0 Å². The van der Waals surface area contributed by atoms with Crippen LogP contribution >= 0.6 is 11.8 Å². The van der Waals surface area contributed by atoms with Crippen LogP contribution in [0, 0.1) is 6.92 Å². The van der Waals surface area contributed by atoms with E-state index in [1.807, 2.05) is 0 Å². The molecule has 3 heterocycles. The van der Waals surface area contributed by atoms with Gasteiger partial charge in [0.05, 0.1) is 5.39 Å². The molecule has 158 valence electrons. The van der Waals surface area contributed by atoms with Gasteiger partial charge in [-0.1, -0.05) is 30.3 Å². The molecule has 0 bridgehead atoms. The van der Waals surface area contributed by atoms with E-state index in [2.05, 4.69) is 82.8 Å². The van der Waals surface area contributed by atoms with E-state index in [-0.39, 0.29) is 0 Å². The molecule has 0 spiro atoms. The third kappa shape index (κ3) is 3.93. The van der Waals surface area contributed by atoms with E-state index in [4.69, 9.17) is 9.72 Å². The van der Waals surface area contributed by atoms with Crippen molar-refractivity contribution in [1.29, 1.82) is 0 Å². The summed E-state index contributed by atoms with van der Waals surface area (Å²) in [6.45, 7) is 3.70. The summed E-state index contributed by atoms with van der Waals surface area (Å²) >= 11 is 1.76. The molecule has 0 atom stereocenters. The van der Waals surface area contributed by atoms with Gasteiger partial charge in [0.25, 0.3) is 0 Å². The van der Waals surface area contributed by atoms with Crippen molar-refractivity contribution in [2.45, 2.75) is 30.7 Å². The molecule has 2 aromatic heterocycles. The molecule has 0 aliphatic carbocycles. The van der Waals surface area contributed by atoms with E-state index in [0.29, 0.717) is 6.04 Å². The number of rotatable bonds is 5. The van der Waals surface area contributed by atoms with Gasteiger partial charge >= 0.3 is 0 Å². The summed E-state index contributed by atoms with van der Waals surface area (Å²) in [6.07, 6.45) is 7.97. The molecular weight excluding hydrogens is 404 g/mol. The topological polar surface area (TPSA) is 52.0 Å². The average molecular weight is 431 g/mol. The molecule has 0 radical (unpaired) electrons. The monoisotopic (exact) mass is 430 g/mol. The smallest absolute Gasteiger partial charge is 0.150 e. The van der Waals surface area contributed by atoms with E-state index >= 15 is 0 Å². The van der Waals surface area contributed by atoms with E-state index in [0.717, 1.165) is 54.2 Å². The Morgan fingerprint density at radius 2 is 1.87 bits per heavy atom. The van der Waals surface area contributed by atoms with Crippen LogP contribution in [0.3, 0.4) is 0 Å². The van der Waals surface area contributed by atoms with Gasteiger partial charge in [-0.3, -0.25) is 0 Å². The zero-order chi connectivity index (χ0) is 21.2. The number of nitrogens with zero attached hydrogens (tertiary/aromatic N) is 3. The van der Waals surface area contributed by atoms with Gasteiger partial charge in [0.1, 0.15) is 12.1 Å². The van der Waals surface area contributed by atoms with Crippen molar-refractivity contribution in [2.24, 2.45) is 0 Å². The Morgan fingerprint density at radius 1 is 1.03 bits per heavy atom. The lowest BCUT2D eigenvalue weighted by Crippen LogP contribution is -2.28. The Hall–Kier alpha value is -2.83. The molecule has 0 unspecified atom stereocenters. The third-order valence-electron chi connectivity index (χ3n) is 5.82. The minimum atomic E-state index is 0.359. The van der Waals surface area contributed by atoms with Crippen molar-refractivity contribution in [3.63, 3.8) is 0 Å². The first-order valence-electron chi connectivity index (χ1n) is 10.7. The summed E-state index contributed by atoms with van der Waals surface area (Å²) in [5.74, 6) is 0.897. The van der Waals surface area contributed by atoms with Crippen LogP contribution in [0.5, 0.6) is 0 Å². The van der Waals surface area contributed by atoms with Crippen LogP contribution in [0.25, 0.3) is 27.8 Å². The predicted octanol–water partition coefficient (Wildman–Crippen LogP) is 5.71. The summed E-state index contributed by atoms with van der Waals surface area (Å²) in [7, 11) is 0. The first kappa shape index (κ1) is 20.1. The summed E-state index contributed by atoms with van der Waals surface area (Å²) in [6, 6.07) is 17.4. The highest BCUT2D eigenvalue weighted by Crippen LogP contribution is 2.39. The van der Waals surface area contributed by atoms with Crippen molar-refractivity contribution < 1.29 is 4.74 Å². The number of fused-ring (bicyclic) bond motifs is 1. The summed E-state index contributed by atoms with van der Waals surface area (Å²) in [5.41, 5.74) is 5.60. The van der Waals surface area contributed by atoms with Gasteiger partial charge in [0.15, 0.2) is 5.65 Å². The fraction of sp³-hybridized carbons (Fsp3) is 0.280. The van der Waals surface area contributed by atoms with Crippen LogP contribution < -0.4 is 5.32 Å². The Balaban J connectivity index is 1.73. The lowest BCUT2D eigenvalue weighted by atomic mass is 10.1. The second-order valence-electron chi connectivity index (χ2n) is 7.90. The quantitative estimate of drug-likeness (QED) is 0.411. The standard InChI is InChI=1S/C25H26N4OS/c1-17-6-5-7-19(14-17)29-15-21(20-8-3-4-9-22(20)31-2)23-24(26-16-27-25(23)29)28-18-10-12-30-13-11-18/h3-9,14-16,18H,10-13H2,1-2H3,(H,26,27,28). The molecule has 2 aromatic carbocycles. The Kier molecular flexibility index (Phi) is 5.66. The summed E-state index contributed by atoms with van der Waals surface area (Å²) in [4.78, 5) is 10.6. The molecule has 31 heavy (non-hydrogen) atoms. The van der Waals surface area contributed by atoms with Crippen LogP contribution in [-0.2, 0) is 4.74 Å². The molecule has 1 aliphatic rings. The first-order chi connectivity index (χ1) is 15.2. The van der Waals surface area contributed by atoms with Gasteiger partial charge in [-0.05, 0) is 55.3 Å². The van der Waals surface area contributed by atoms with Crippen LogP contribution in [-0.4, -0.2) is 40.0 Å². The largest absolute Gasteiger partial charge is 0.381 e. The van der Waals surface area contributed by atoms with Crippen LogP contribution in [0.2, 0.25) is 0 Å². The maximum atomic E-state index is 5.54. The number of hydrogen-bond donors (Lipinski definition) is 1. The minimum Gasteiger partial charge on any atom is -0.381 e. The SMILES string of the molecule is CSc1ccccc1-c1cn(-c2cccc(C)c2)c2ncnc(NC3CCOCC3)c12. The van der Waals surface area contributed by atoms with E-state index in [9.17, 15) is 0 Å². The van der Waals surface area contributed by atoms with Crippen LogP contribution in [0.1, 0.15) is 18.4 Å². The number of hydrogen-bond acceptors (Lipinski definition) is 5. The Bertz CT molecular complexity index is 1210. The fourth-order valence-electron chi connectivity index (χ4n) is 4.25. The molecular formula is C25H26N4OS. The van der Waals surface area contributed by atoms with E-state index in [1.54, 1.807) is 18.1 Å². The van der Waals surface area contributed by atoms with Crippen molar-refractivity contribution >= 4 is 28.6 Å². The Morgan fingerprint density at radius 3 is 2.68 bits per heavy atom. The van der Waals surface area contributed by atoms with Gasteiger partial charge in [0, 0.05) is 41.6 Å². The molecule has 4 aromatic rings. The summed E-state index contributed by atoms with van der Waals surface area (Å²) in [5, 5.41) is 4.76. The number of ether oxygens (including phenoxy) is 1. The van der Waals surface area contributed by atoms with Crippen molar-refractivity contribution in [2.75, 3.05) is 24.8 Å². The Labute approximate surface area is 186 Å². The average Bonchev–Trinajstić information content (AvgIpc) is 3.20. The van der Waals surface area contributed by atoms with E-state index in [1.165, 1.54) is 16.0 Å². The van der Waals surface area contributed by atoms with Crippen molar-refractivity contribution in [1.82, 2.24) is 14.5 Å². The lowest BCUT2D eigenvalue weighted by Gasteiger charge is -2.24. The fourth-order valence-corrected chi connectivity index (χ4v) is 4.87. The highest BCUT2D eigenvalue weighted by Gasteiger charge is 2.21. The van der Waals surface area contributed by atoms with Crippen LogP contribution in [0.15, 0.2) is 66.0 Å². The van der Waals surface area contributed by atoms with Gasteiger partial charge < -0.3 is 14.6 Å². The first-order valence-corrected chi connectivity index (χ1v) is 11.9. The number of benzene rings is 2. The number of nitrogens with one attached hydrogen (secondary N) is 1. The third-order valence-corrected chi connectivity index (χ3v) is 6.62. The highest BCUT2D eigenvalue weighted by molar-refractivity contribution is 7.98. The maximum Gasteiger partial charge on any atom is 0.150 e. The molecule has 5 nitrogen and oxygen atoms in total. The van der Waals surface area contributed by atoms with Gasteiger partial charge in [-0.2, -0.15) is 0 Å². The zero-order valence-electron chi connectivity index (χ0n) is 17.8. The van der Waals surface area contributed by atoms with Crippen molar-refractivity contribution in [3.05, 3.63) is 66.6 Å².